The summed E-state index contributed by atoms with van der Waals surface area (Å²) >= 11 is 0. The lowest BCUT2D eigenvalue weighted by Crippen LogP contribution is -2.28. The van der Waals surface area contributed by atoms with Gasteiger partial charge in [-0.25, -0.2) is 0 Å². The van der Waals surface area contributed by atoms with Crippen molar-refractivity contribution in [2.24, 2.45) is 11.8 Å². The standard InChI is InChI=1S/C19H40NO/c1-5-7-9-11-13-17(3)15-19(20-21)16-18(4)14-12-10-8-6-2/h17-20H,5-16H2,1-4H3/q-1. The predicted molar refractivity (Wildman–Crippen MR) is 95.4 cm³/mol. The molecule has 2 heteroatoms. The number of rotatable bonds is 15. The van der Waals surface area contributed by atoms with E-state index in [4.69, 9.17) is 0 Å². The second-order valence-corrected chi connectivity index (χ2v) is 7.20. The lowest BCUT2D eigenvalue weighted by molar-refractivity contribution is 0.333. The predicted octanol–water partition coefficient (Wildman–Crippen LogP) is 6.44. The molecule has 128 valence electrons. The first kappa shape index (κ1) is 20.9. The van der Waals surface area contributed by atoms with Gasteiger partial charge in [-0.1, -0.05) is 91.9 Å². The average molecular weight is 299 g/mol. The van der Waals surface area contributed by atoms with Crippen LogP contribution in [0, 0.1) is 17.0 Å². The Morgan fingerprint density at radius 1 is 0.714 bits per heavy atom. The molecule has 21 heavy (non-hydrogen) atoms. The summed E-state index contributed by atoms with van der Waals surface area (Å²) in [5, 5.41) is 11.2. The summed E-state index contributed by atoms with van der Waals surface area (Å²) in [6.07, 6.45) is 15.3. The van der Waals surface area contributed by atoms with Crippen LogP contribution < -0.4 is 5.48 Å². The zero-order chi connectivity index (χ0) is 15.9. The Balaban J connectivity index is 3.76. The summed E-state index contributed by atoms with van der Waals surface area (Å²) in [7, 11) is 0. The molecule has 0 fully saturated rings. The fourth-order valence-electron chi connectivity index (χ4n) is 3.24. The van der Waals surface area contributed by atoms with Gasteiger partial charge in [0.2, 0.25) is 0 Å². The molecule has 0 aliphatic heterocycles. The van der Waals surface area contributed by atoms with Crippen molar-refractivity contribution in [3.05, 3.63) is 5.21 Å². The van der Waals surface area contributed by atoms with Gasteiger partial charge in [-0.05, 0) is 30.7 Å². The molecule has 0 aliphatic carbocycles. The van der Waals surface area contributed by atoms with Crippen LogP contribution >= 0.6 is 0 Å². The summed E-state index contributed by atoms with van der Waals surface area (Å²) in [5.74, 6) is 1.36. The second kappa shape index (κ2) is 14.8. The first-order valence-electron chi connectivity index (χ1n) is 9.51. The van der Waals surface area contributed by atoms with Crippen molar-refractivity contribution in [1.82, 2.24) is 5.48 Å². The van der Waals surface area contributed by atoms with Crippen LogP contribution in [0.5, 0.6) is 0 Å². The van der Waals surface area contributed by atoms with Gasteiger partial charge in [0, 0.05) is 0 Å². The highest BCUT2D eigenvalue weighted by Crippen LogP contribution is 2.21. The third-order valence-electron chi connectivity index (χ3n) is 4.64. The van der Waals surface area contributed by atoms with Crippen LogP contribution in [0.3, 0.4) is 0 Å². The van der Waals surface area contributed by atoms with E-state index in [-0.39, 0.29) is 6.04 Å². The Labute approximate surface area is 134 Å². The van der Waals surface area contributed by atoms with Gasteiger partial charge in [0.1, 0.15) is 0 Å². The molecule has 0 saturated heterocycles. The number of nitrogens with one attached hydrogen (secondary N) is 1. The minimum atomic E-state index is 0.173. The molecule has 0 amide bonds. The van der Waals surface area contributed by atoms with Gasteiger partial charge in [0.25, 0.3) is 0 Å². The number of hydrogen-bond acceptors (Lipinski definition) is 2. The SMILES string of the molecule is CCCCCCC(C)CC(CC(C)CCCCCC)N[O-]. The molecule has 2 unspecified atom stereocenters. The van der Waals surface area contributed by atoms with Crippen molar-refractivity contribution in [2.45, 2.75) is 111 Å². The minimum Gasteiger partial charge on any atom is -0.788 e. The zero-order valence-corrected chi connectivity index (χ0v) is 15.1. The van der Waals surface area contributed by atoms with Crippen LogP contribution in [0.15, 0.2) is 0 Å². The summed E-state index contributed by atoms with van der Waals surface area (Å²) in [4.78, 5) is 0. The molecule has 0 radical (unpaired) electrons. The van der Waals surface area contributed by atoms with E-state index >= 15 is 0 Å². The van der Waals surface area contributed by atoms with Crippen molar-refractivity contribution in [3.63, 3.8) is 0 Å². The summed E-state index contributed by atoms with van der Waals surface area (Å²) in [5.41, 5.74) is 2.32. The molecule has 0 aromatic heterocycles. The number of hydroxylamine groups is 1. The molecule has 1 N–H and O–H groups in total. The molecule has 0 aliphatic rings. The van der Waals surface area contributed by atoms with E-state index in [0.29, 0.717) is 11.8 Å². The largest absolute Gasteiger partial charge is 0.788 e. The van der Waals surface area contributed by atoms with Crippen molar-refractivity contribution in [1.29, 1.82) is 0 Å². The second-order valence-electron chi connectivity index (χ2n) is 7.20. The third kappa shape index (κ3) is 13.3. The number of unbranched alkanes of at least 4 members (excludes halogenated alkanes) is 6. The Kier molecular flexibility index (Phi) is 14.8. The van der Waals surface area contributed by atoms with Crippen LogP contribution in [0.2, 0.25) is 0 Å². The maximum Gasteiger partial charge on any atom is -0.00459 e. The van der Waals surface area contributed by atoms with Crippen LogP contribution in [-0.4, -0.2) is 6.04 Å². The molecule has 0 bridgehead atoms. The lowest BCUT2D eigenvalue weighted by atomic mass is 9.89. The molecule has 0 aromatic carbocycles. The maximum atomic E-state index is 11.2. The van der Waals surface area contributed by atoms with Gasteiger partial charge in [-0.2, -0.15) is 0 Å². The van der Waals surface area contributed by atoms with Crippen LogP contribution in [-0.2, 0) is 0 Å². The first-order chi connectivity index (χ1) is 10.1. The Hall–Kier alpha value is -0.0800. The Bertz CT molecular complexity index is 188. The Morgan fingerprint density at radius 3 is 1.48 bits per heavy atom. The first-order valence-corrected chi connectivity index (χ1v) is 9.51. The van der Waals surface area contributed by atoms with E-state index in [1.54, 1.807) is 0 Å². The normalized spacial score (nSPS) is 15.9. The summed E-state index contributed by atoms with van der Waals surface area (Å²) < 4.78 is 0. The van der Waals surface area contributed by atoms with Gasteiger partial charge in [-0.15, -0.1) is 0 Å². The van der Waals surface area contributed by atoms with Gasteiger partial charge in [0.15, 0.2) is 0 Å². The van der Waals surface area contributed by atoms with E-state index in [1.165, 1.54) is 64.2 Å². The fourth-order valence-corrected chi connectivity index (χ4v) is 3.24. The van der Waals surface area contributed by atoms with Crippen LogP contribution in [0.1, 0.15) is 105 Å². The molecule has 0 heterocycles. The van der Waals surface area contributed by atoms with Crippen molar-refractivity contribution in [2.75, 3.05) is 0 Å². The average Bonchev–Trinajstić information content (AvgIpc) is 2.47. The zero-order valence-electron chi connectivity index (χ0n) is 15.1. The van der Waals surface area contributed by atoms with Gasteiger partial charge in [-0.3, -0.25) is 0 Å². The smallest absolute Gasteiger partial charge is 0.00459 e. The molecule has 2 nitrogen and oxygen atoms in total. The molecule has 0 saturated carbocycles. The highest BCUT2D eigenvalue weighted by Gasteiger charge is 2.13. The molecule has 0 rings (SSSR count). The summed E-state index contributed by atoms with van der Waals surface area (Å²) in [6.45, 7) is 9.12. The summed E-state index contributed by atoms with van der Waals surface area (Å²) in [6, 6.07) is 0.173. The van der Waals surface area contributed by atoms with Crippen molar-refractivity contribution < 1.29 is 0 Å². The topological polar surface area (TPSA) is 35.1 Å². The van der Waals surface area contributed by atoms with Crippen molar-refractivity contribution >= 4 is 0 Å². The Morgan fingerprint density at radius 2 is 1.14 bits per heavy atom. The van der Waals surface area contributed by atoms with Crippen LogP contribution in [0.4, 0.5) is 0 Å². The number of hydrogen-bond donors (Lipinski definition) is 1. The van der Waals surface area contributed by atoms with Gasteiger partial charge in [0.05, 0.1) is 0 Å². The quantitative estimate of drug-likeness (QED) is 0.279. The maximum absolute atomic E-state index is 11.2. The van der Waals surface area contributed by atoms with Gasteiger partial charge < -0.3 is 10.7 Å². The lowest BCUT2D eigenvalue weighted by Gasteiger charge is -2.28. The highest BCUT2D eigenvalue weighted by molar-refractivity contribution is 4.73. The molecule has 2 atom stereocenters. The van der Waals surface area contributed by atoms with E-state index in [9.17, 15) is 5.21 Å². The molecular weight excluding hydrogens is 258 g/mol. The minimum absolute atomic E-state index is 0.173. The van der Waals surface area contributed by atoms with E-state index < -0.39 is 0 Å². The van der Waals surface area contributed by atoms with Gasteiger partial charge >= 0.3 is 0 Å². The van der Waals surface area contributed by atoms with E-state index in [0.717, 1.165) is 12.8 Å². The van der Waals surface area contributed by atoms with Crippen LogP contribution in [0.25, 0.3) is 0 Å². The highest BCUT2D eigenvalue weighted by atomic mass is 16.5. The van der Waals surface area contributed by atoms with E-state index in [1.807, 2.05) is 0 Å². The fraction of sp³-hybridized carbons (Fsp3) is 1.00. The molecule has 0 aromatic rings. The monoisotopic (exact) mass is 298 g/mol. The molecule has 0 spiro atoms. The van der Waals surface area contributed by atoms with E-state index in [2.05, 4.69) is 33.2 Å². The third-order valence-corrected chi connectivity index (χ3v) is 4.64. The molecular formula is C19H40NO-. The van der Waals surface area contributed by atoms with Crippen molar-refractivity contribution in [3.8, 4) is 0 Å².